The van der Waals surface area contributed by atoms with Crippen molar-refractivity contribution in [3.8, 4) is 19.5 Å². The Morgan fingerprint density at radius 3 is 2.17 bits per heavy atom. The second-order valence-corrected chi connectivity index (χ2v) is 9.12. The van der Waals surface area contributed by atoms with Crippen LogP contribution < -0.4 is 0 Å². The van der Waals surface area contributed by atoms with Crippen LogP contribution in [0.25, 0.3) is 19.5 Å². The van der Waals surface area contributed by atoms with Crippen LogP contribution >= 0.6 is 34.0 Å². The number of rotatable bonds is 9. The number of hydrogen-bond donors (Lipinski definition) is 0. The molecule has 0 N–H and O–H groups in total. The van der Waals surface area contributed by atoms with Gasteiger partial charge in [0.15, 0.2) is 0 Å². The predicted molar refractivity (Wildman–Crippen MR) is 108 cm³/mol. The van der Waals surface area contributed by atoms with Crippen LogP contribution in [0.3, 0.4) is 0 Å². The summed E-state index contributed by atoms with van der Waals surface area (Å²) in [6, 6.07) is 13.5. The summed E-state index contributed by atoms with van der Waals surface area (Å²) in [5.74, 6) is 0. The molecular formula is C20H24S3. The van der Waals surface area contributed by atoms with Gasteiger partial charge in [-0.15, -0.1) is 34.0 Å². The number of thiophene rings is 3. The third-order valence-corrected chi connectivity index (χ3v) is 7.54. The number of unbranched alkanes of at least 4 members (excludes halogenated alkanes) is 5. The summed E-state index contributed by atoms with van der Waals surface area (Å²) in [7, 11) is 0. The fraction of sp³-hybridized carbons (Fsp3) is 0.400. The molecule has 23 heavy (non-hydrogen) atoms. The Kier molecular flexibility index (Phi) is 6.49. The van der Waals surface area contributed by atoms with Gasteiger partial charge in [-0.05, 0) is 48.6 Å². The largest absolute Gasteiger partial charge is 0.143 e. The predicted octanol–water partition coefficient (Wildman–Crippen LogP) is 8.11. The van der Waals surface area contributed by atoms with Crippen LogP contribution in [0.5, 0.6) is 0 Å². The quantitative estimate of drug-likeness (QED) is 0.338. The fourth-order valence-corrected chi connectivity index (χ4v) is 5.73. The van der Waals surface area contributed by atoms with E-state index >= 15 is 0 Å². The zero-order valence-electron chi connectivity index (χ0n) is 13.7. The Hall–Kier alpha value is -0.900. The summed E-state index contributed by atoms with van der Waals surface area (Å²) in [6.45, 7) is 2.28. The van der Waals surface area contributed by atoms with Crippen LogP contribution in [0, 0.1) is 0 Å². The fourth-order valence-electron chi connectivity index (χ4n) is 2.75. The zero-order chi connectivity index (χ0) is 15.9. The summed E-state index contributed by atoms with van der Waals surface area (Å²) in [4.78, 5) is 7.15. The van der Waals surface area contributed by atoms with E-state index in [2.05, 4.69) is 48.7 Å². The maximum absolute atomic E-state index is 2.33. The van der Waals surface area contributed by atoms with Crippen LogP contribution in [0.1, 0.15) is 50.3 Å². The molecule has 3 aromatic rings. The molecule has 3 heteroatoms. The number of aryl methyl sites for hydroxylation is 1. The average Bonchev–Trinajstić information content (AvgIpc) is 3.31. The minimum absolute atomic E-state index is 1.25. The van der Waals surface area contributed by atoms with E-state index < -0.39 is 0 Å². The van der Waals surface area contributed by atoms with E-state index in [9.17, 15) is 0 Å². The summed E-state index contributed by atoms with van der Waals surface area (Å²) in [5.41, 5.74) is 0. The standard InChI is InChI=1S/C20H24S3/c1-2-3-4-5-6-7-9-16-11-12-19(22-16)20-14-13-18(23-20)17-10-8-15-21-17/h8,10-15H,2-7,9H2,1H3. The lowest BCUT2D eigenvalue weighted by atomic mass is 10.1. The lowest BCUT2D eigenvalue weighted by molar-refractivity contribution is 0.609. The highest BCUT2D eigenvalue weighted by Gasteiger charge is 2.08. The molecule has 0 aliphatic heterocycles. The molecule has 0 aromatic carbocycles. The summed E-state index contributed by atoms with van der Waals surface area (Å²) >= 11 is 5.72. The van der Waals surface area contributed by atoms with Crippen LogP contribution in [-0.2, 0) is 6.42 Å². The first-order valence-corrected chi connectivity index (χ1v) is 11.1. The van der Waals surface area contributed by atoms with Crippen molar-refractivity contribution in [1.82, 2.24) is 0 Å². The highest BCUT2D eigenvalue weighted by atomic mass is 32.1. The second kappa shape index (κ2) is 8.81. The normalized spacial score (nSPS) is 11.2. The van der Waals surface area contributed by atoms with Crippen LogP contribution in [-0.4, -0.2) is 0 Å². The van der Waals surface area contributed by atoms with Gasteiger partial charge in [0.25, 0.3) is 0 Å². The van der Waals surface area contributed by atoms with E-state index in [0.717, 1.165) is 0 Å². The van der Waals surface area contributed by atoms with Gasteiger partial charge in [0.05, 0.1) is 0 Å². The molecule has 0 radical (unpaired) electrons. The monoisotopic (exact) mass is 360 g/mol. The topological polar surface area (TPSA) is 0 Å². The average molecular weight is 361 g/mol. The minimum Gasteiger partial charge on any atom is -0.143 e. The molecule has 0 aliphatic carbocycles. The molecule has 3 aromatic heterocycles. The molecule has 0 aliphatic rings. The van der Waals surface area contributed by atoms with Gasteiger partial charge in [-0.25, -0.2) is 0 Å². The van der Waals surface area contributed by atoms with Crippen molar-refractivity contribution >= 4 is 34.0 Å². The summed E-state index contributed by atoms with van der Waals surface area (Å²) in [5, 5.41) is 2.15. The Bertz CT molecular complexity index is 688. The van der Waals surface area contributed by atoms with Gasteiger partial charge in [0, 0.05) is 24.4 Å². The maximum atomic E-state index is 2.33. The van der Waals surface area contributed by atoms with Crippen molar-refractivity contribution in [2.24, 2.45) is 0 Å². The van der Waals surface area contributed by atoms with Crippen molar-refractivity contribution in [2.75, 3.05) is 0 Å². The van der Waals surface area contributed by atoms with Gasteiger partial charge < -0.3 is 0 Å². The Labute approximate surface area is 151 Å². The van der Waals surface area contributed by atoms with Crippen molar-refractivity contribution in [3.63, 3.8) is 0 Å². The first kappa shape index (κ1) is 16.9. The van der Waals surface area contributed by atoms with E-state index in [0.29, 0.717) is 0 Å². The van der Waals surface area contributed by atoms with Crippen LogP contribution in [0.4, 0.5) is 0 Å². The minimum atomic E-state index is 1.25. The molecule has 0 bridgehead atoms. The maximum Gasteiger partial charge on any atom is 0.0449 e. The van der Waals surface area contributed by atoms with Crippen LogP contribution in [0.2, 0.25) is 0 Å². The molecule has 0 saturated carbocycles. The highest BCUT2D eigenvalue weighted by Crippen LogP contribution is 2.39. The van der Waals surface area contributed by atoms with Gasteiger partial charge in [-0.1, -0.05) is 45.1 Å². The third kappa shape index (κ3) is 4.79. The molecule has 3 heterocycles. The molecule has 122 valence electrons. The van der Waals surface area contributed by atoms with Gasteiger partial charge in [0.1, 0.15) is 0 Å². The molecule has 3 rings (SSSR count). The van der Waals surface area contributed by atoms with E-state index in [1.165, 1.54) is 64.5 Å². The Morgan fingerprint density at radius 1 is 0.696 bits per heavy atom. The first-order chi connectivity index (χ1) is 11.4. The summed E-state index contributed by atoms with van der Waals surface area (Å²) < 4.78 is 0. The molecule has 0 saturated heterocycles. The van der Waals surface area contributed by atoms with Crippen molar-refractivity contribution in [1.29, 1.82) is 0 Å². The molecule has 0 nitrogen and oxygen atoms in total. The first-order valence-electron chi connectivity index (χ1n) is 8.59. The van der Waals surface area contributed by atoms with Crippen molar-refractivity contribution in [2.45, 2.75) is 51.9 Å². The Balaban J connectivity index is 1.53. The zero-order valence-corrected chi connectivity index (χ0v) is 16.2. The van der Waals surface area contributed by atoms with Gasteiger partial charge >= 0.3 is 0 Å². The van der Waals surface area contributed by atoms with Crippen molar-refractivity contribution < 1.29 is 0 Å². The smallest absolute Gasteiger partial charge is 0.0449 e. The second-order valence-electron chi connectivity index (χ2n) is 5.92. The molecule has 0 fully saturated rings. The molecule has 0 unspecified atom stereocenters. The summed E-state index contributed by atoms with van der Waals surface area (Å²) in [6.07, 6.45) is 9.52. The molecule has 0 spiro atoms. The number of hydrogen-bond acceptors (Lipinski definition) is 3. The van der Waals surface area contributed by atoms with Crippen molar-refractivity contribution in [3.05, 3.63) is 46.7 Å². The SMILES string of the molecule is CCCCCCCCc1ccc(-c2ccc(-c3cccs3)s2)s1. The Morgan fingerprint density at radius 2 is 1.39 bits per heavy atom. The highest BCUT2D eigenvalue weighted by molar-refractivity contribution is 7.26. The van der Waals surface area contributed by atoms with Gasteiger partial charge in [-0.3, -0.25) is 0 Å². The lowest BCUT2D eigenvalue weighted by Gasteiger charge is -1.99. The molecule has 0 amide bonds. The third-order valence-electron chi connectivity index (χ3n) is 4.05. The van der Waals surface area contributed by atoms with E-state index in [-0.39, 0.29) is 0 Å². The van der Waals surface area contributed by atoms with Crippen LogP contribution in [0.15, 0.2) is 41.8 Å². The molecule has 0 atom stereocenters. The molecular weight excluding hydrogens is 336 g/mol. The van der Waals surface area contributed by atoms with Gasteiger partial charge in [0.2, 0.25) is 0 Å². The van der Waals surface area contributed by atoms with Gasteiger partial charge in [-0.2, -0.15) is 0 Å². The van der Waals surface area contributed by atoms with E-state index in [1.807, 2.05) is 34.0 Å². The van der Waals surface area contributed by atoms with E-state index in [1.54, 1.807) is 4.88 Å². The van der Waals surface area contributed by atoms with E-state index in [4.69, 9.17) is 0 Å². The lowest BCUT2D eigenvalue weighted by Crippen LogP contribution is -1.82.